The lowest BCUT2D eigenvalue weighted by Gasteiger charge is -2.15. The fraction of sp³-hybridized carbons (Fsp3) is 0.795. The highest BCUT2D eigenvalue weighted by atomic mass is 16.5. The summed E-state index contributed by atoms with van der Waals surface area (Å²) in [5.74, 6) is -0.0354. The molecule has 268 valence electrons. The van der Waals surface area contributed by atoms with E-state index < -0.39 is 0 Å². The number of allylic oxidation sites excluding steroid dienone is 6. The second-order valence-corrected chi connectivity index (χ2v) is 14.8. The number of hydrogen-bond donors (Lipinski definition) is 0. The normalized spacial score (nSPS) is 12.7. The maximum atomic E-state index is 12.7. The van der Waals surface area contributed by atoms with Crippen LogP contribution in [0.15, 0.2) is 46.6 Å². The van der Waals surface area contributed by atoms with Crippen LogP contribution in [0, 0.1) is 0 Å². The molecular formula is C44H80O2. The van der Waals surface area contributed by atoms with Crippen molar-refractivity contribution in [3.05, 3.63) is 46.6 Å². The lowest BCUT2D eigenvalue weighted by molar-refractivity contribution is -0.146. The summed E-state index contributed by atoms with van der Waals surface area (Å²) in [6.45, 7) is 15.3. The van der Waals surface area contributed by atoms with E-state index in [9.17, 15) is 4.79 Å². The summed E-state index contributed by atoms with van der Waals surface area (Å²) in [6.07, 6.45) is 43.3. The van der Waals surface area contributed by atoms with E-state index in [-0.39, 0.29) is 12.1 Å². The molecule has 1 unspecified atom stereocenters. The van der Waals surface area contributed by atoms with Gasteiger partial charge in [-0.2, -0.15) is 0 Å². The summed E-state index contributed by atoms with van der Waals surface area (Å²) in [5, 5.41) is 0. The van der Waals surface area contributed by atoms with Crippen LogP contribution in [0.4, 0.5) is 0 Å². The smallest absolute Gasteiger partial charge is 0.306 e. The fourth-order valence-electron chi connectivity index (χ4n) is 6.08. The molecule has 0 aliphatic heterocycles. The van der Waals surface area contributed by atoms with E-state index in [1.807, 2.05) is 0 Å². The maximum Gasteiger partial charge on any atom is 0.306 e. The summed E-state index contributed by atoms with van der Waals surface area (Å²) in [6, 6.07) is 0. The number of rotatable bonds is 32. The monoisotopic (exact) mass is 641 g/mol. The fourth-order valence-corrected chi connectivity index (χ4v) is 6.08. The van der Waals surface area contributed by atoms with Crippen LogP contribution in [0.3, 0.4) is 0 Å². The Labute approximate surface area is 289 Å². The van der Waals surface area contributed by atoms with Crippen molar-refractivity contribution >= 4 is 5.97 Å². The molecule has 0 fully saturated rings. The molecule has 0 N–H and O–H groups in total. The second kappa shape index (κ2) is 33.3. The van der Waals surface area contributed by atoms with Crippen LogP contribution in [-0.2, 0) is 9.53 Å². The van der Waals surface area contributed by atoms with E-state index >= 15 is 0 Å². The van der Waals surface area contributed by atoms with Crippen LogP contribution in [0.1, 0.15) is 222 Å². The topological polar surface area (TPSA) is 26.3 Å². The lowest BCUT2D eigenvalue weighted by atomic mass is 10.0. The standard InChI is InChI=1S/C44H80O2/c1-8-9-10-11-12-13-14-15-16-17-18-19-20-21-22-23-24-25-26-27-28-35-44(45)46-43(38-42(7)34-30-32-40(4)5)37-36-41(6)33-29-31-39(2)3/h31-32,36,38,43H,8-30,33-35,37H2,1-7H3. The van der Waals surface area contributed by atoms with Gasteiger partial charge >= 0.3 is 5.97 Å². The molecule has 0 aliphatic carbocycles. The van der Waals surface area contributed by atoms with Gasteiger partial charge < -0.3 is 4.74 Å². The van der Waals surface area contributed by atoms with Crippen molar-refractivity contribution in [2.24, 2.45) is 0 Å². The highest BCUT2D eigenvalue weighted by Gasteiger charge is 2.12. The Bertz CT molecular complexity index is 819. The Morgan fingerprint density at radius 1 is 0.478 bits per heavy atom. The van der Waals surface area contributed by atoms with Gasteiger partial charge in [-0.25, -0.2) is 0 Å². The number of hydrogen-bond acceptors (Lipinski definition) is 2. The molecular weight excluding hydrogens is 560 g/mol. The quantitative estimate of drug-likeness (QED) is 0.0415. The van der Waals surface area contributed by atoms with Crippen LogP contribution in [0.2, 0.25) is 0 Å². The van der Waals surface area contributed by atoms with Gasteiger partial charge in [0.2, 0.25) is 0 Å². The first-order chi connectivity index (χ1) is 22.2. The van der Waals surface area contributed by atoms with Gasteiger partial charge in [0, 0.05) is 12.8 Å². The zero-order chi connectivity index (χ0) is 34.1. The summed E-state index contributed by atoms with van der Waals surface area (Å²) >= 11 is 0. The molecule has 0 saturated carbocycles. The Kier molecular flexibility index (Phi) is 32.2. The van der Waals surface area contributed by atoms with Gasteiger partial charge in [-0.15, -0.1) is 0 Å². The van der Waals surface area contributed by atoms with Gasteiger partial charge in [-0.05, 0) is 79.7 Å². The van der Waals surface area contributed by atoms with Gasteiger partial charge in [0.15, 0.2) is 0 Å². The molecule has 0 saturated heterocycles. The molecule has 0 spiro atoms. The summed E-state index contributed by atoms with van der Waals surface area (Å²) in [5.41, 5.74) is 5.41. The molecule has 0 aromatic rings. The number of unbranched alkanes of at least 4 members (excludes halogenated alkanes) is 20. The average molecular weight is 641 g/mol. The van der Waals surface area contributed by atoms with Gasteiger partial charge in [-0.1, -0.05) is 176 Å². The van der Waals surface area contributed by atoms with Crippen LogP contribution in [0.5, 0.6) is 0 Å². The van der Waals surface area contributed by atoms with Crippen molar-refractivity contribution in [3.63, 3.8) is 0 Å². The third-order valence-electron chi connectivity index (χ3n) is 9.12. The number of carbonyl (C=O) groups is 1. The van der Waals surface area contributed by atoms with Gasteiger partial charge in [0.1, 0.15) is 6.10 Å². The molecule has 0 aliphatic rings. The molecule has 0 aromatic carbocycles. The minimum Gasteiger partial charge on any atom is -0.458 e. The predicted molar refractivity (Wildman–Crippen MR) is 207 cm³/mol. The van der Waals surface area contributed by atoms with E-state index in [2.05, 4.69) is 72.8 Å². The zero-order valence-corrected chi connectivity index (χ0v) is 32.3. The van der Waals surface area contributed by atoms with E-state index in [0.717, 1.165) is 44.9 Å². The van der Waals surface area contributed by atoms with Crippen LogP contribution < -0.4 is 0 Å². The molecule has 1 atom stereocenters. The van der Waals surface area contributed by atoms with Gasteiger partial charge in [-0.3, -0.25) is 4.79 Å². The minimum absolute atomic E-state index is 0.0354. The van der Waals surface area contributed by atoms with Crippen LogP contribution in [-0.4, -0.2) is 12.1 Å². The molecule has 2 heteroatoms. The van der Waals surface area contributed by atoms with E-state index in [4.69, 9.17) is 4.74 Å². The highest BCUT2D eigenvalue weighted by molar-refractivity contribution is 5.69. The van der Waals surface area contributed by atoms with Crippen LogP contribution >= 0.6 is 0 Å². The first-order valence-corrected chi connectivity index (χ1v) is 20.0. The Morgan fingerprint density at radius 3 is 1.24 bits per heavy atom. The summed E-state index contributed by atoms with van der Waals surface area (Å²) in [7, 11) is 0. The molecule has 2 nitrogen and oxygen atoms in total. The van der Waals surface area contributed by atoms with E-state index in [1.54, 1.807) is 0 Å². The second-order valence-electron chi connectivity index (χ2n) is 14.8. The Balaban J connectivity index is 4.01. The van der Waals surface area contributed by atoms with Crippen LogP contribution in [0.25, 0.3) is 0 Å². The number of ether oxygens (including phenoxy) is 1. The van der Waals surface area contributed by atoms with E-state index in [0.29, 0.717) is 6.42 Å². The maximum absolute atomic E-state index is 12.7. The molecule has 0 heterocycles. The Morgan fingerprint density at radius 2 is 0.848 bits per heavy atom. The van der Waals surface area contributed by atoms with E-state index in [1.165, 1.54) is 144 Å². The van der Waals surface area contributed by atoms with Crippen molar-refractivity contribution in [2.75, 3.05) is 0 Å². The van der Waals surface area contributed by atoms with Crippen molar-refractivity contribution in [1.29, 1.82) is 0 Å². The summed E-state index contributed by atoms with van der Waals surface area (Å²) < 4.78 is 6.00. The third kappa shape index (κ3) is 33.8. The van der Waals surface area contributed by atoms with Crippen molar-refractivity contribution < 1.29 is 9.53 Å². The average Bonchev–Trinajstić information content (AvgIpc) is 3.00. The van der Waals surface area contributed by atoms with Crippen molar-refractivity contribution in [2.45, 2.75) is 228 Å². The SMILES string of the molecule is CCCCCCCCCCCCCCCCCCCCCCCC(=O)OC(C=C(C)CCC=C(C)C)CC=C(C)CCC=C(C)C. The Hall–Kier alpha value is -1.57. The van der Waals surface area contributed by atoms with Crippen molar-refractivity contribution in [3.8, 4) is 0 Å². The number of esters is 1. The minimum atomic E-state index is -0.160. The first kappa shape index (κ1) is 44.4. The number of carbonyl (C=O) groups excluding carboxylic acids is 1. The predicted octanol–water partition coefficient (Wildman–Crippen LogP) is 15.3. The molecule has 0 aromatic heterocycles. The zero-order valence-electron chi connectivity index (χ0n) is 32.3. The summed E-state index contributed by atoms with van der Waals surface area (Å²) in [4.78, 5) is 12.7. The van der Waals surface area contributed by atoms with Gasteiger partial charge in [0.05, 0.1) is 0 Å². The molecule has 0 bridgehead atoms. The first-order valence-electron chi connectivity index (χ1n) is 20.0. The molecule has 0 rings (SSSR count). The molecule has 0 radical (unpaired) electrons. The molecule has 0 amide bonds. The highest BCUT2D eigenvalue weighted by Crippen LogP contribution is 2.18. The molecule has 46 heavy (non-hydrogen) atoms. The largest absolute Gasteiger partial charge is 0.458 e. The van der Waals surface area contributed by atoms with Gasteiger partial charge in [0.25, 0.3) is 0 Å². The third-order valence-corrected chi connectivity index (χ3v) is 9.12. The van der Waals surface area contributed by atoms with Crippen molar-refractivity contribution in [1.82, 2.24) is 0 Å². The lowest BCUT2D eigenvalue weighted by Crippen LogP contribution is -2.16.